The van der Waals surface area contributed by atoms with Gasteiger partial charge in [-0.05, 0) is 23.3 Å². The predicted molar refractivity (Wildman–Crippen MR) is 77.6 cm³/mol. The van der Waals surface area contributed by atoms with E-state index in [0.717, 1.165) is 11.5 Å². The van der Waals surface area contributed by atoms with Crippen molar-refractivity contribution in [3.8, 4) is 11.5 Å². The molecule has 2 atom stereocenters. The highest BCUT2D eigenvalue weighted by Gasteiger charge is 2.79. The number of fused-ring (bicyclic) bond motifs is 2. The number of ether oxygens (including phenoxy) is 1. The van der Waals surface area contributed by atoms with E-state index in [1.807, 2.05) is 0 Å². The first-order valence-electron chi connectivity index (χ1n) is 7.31. The number of hydrogen-bond acceptors (Lipinski definition) is 1. The van der Waals surface area contributed by atoms with Gasteiger partial charge in [0.25, 0.3) is 0 Å². The molecule has 2 unspecified atom stereocenters. The first-order valence-corrected chi connectivity index (χ1v) is 7.31. The molecule has 0 bridgehead atoms. The quantitative estimate of drug-likeness (QED) is 0.644. The Balaban J connectivity index is 1.89. The molecule has 1 heterocycles. The Morgan fingerprint density at radius 3 is 1.75 bits per heavy atom. The molecule has 2 aromatic rings. The van der Waals surface area contributed by atoms with Crippen molar-refractivity contribution in [1.29, 1.82) is 0 Å². The van der Waals surface area contributed by atoms with E-state index >= 15 is 0 Å². The Kier molecular flexibility index (Phi) is 1.15. The first-order chi connectivity index (χ1) is 9.64. The van der Waals surface area contributed by atoms with Crippen molar-refractivity contribution in [2.24, 2.45) is 0 Å². The molecule has 0 N–H and O–H groups in total. The van der Waals surface area contributed by atoms with Crippen LogP contribution in [0.5, 0.6) is 11.5 Å². The van der Waals surface area contributed by atoms with Gasteiger partial charge in [0, 0.05) is 22.0 Å². The van der Waals surface area contributed by atoms with Gasteiger partial charge in [0.2, 0.25) is 0 Å². The molecule has 20 heavy (non-hydrogen) atoms. The van der Waals surface area contributed by atoms with Crippen LogP contribution in [0.1, 0.15) is 36.1 Å². The molecule has 0 aromatic heterocycles. The summed E-state index contributed by atoms with van der Waals surface area (Å²) in [7, 11) is 0. The molecule has 0 radical (unpaired) electrons. The van der Waals surface area contributed by atoms with Crippen LogP contribution in [-0.2, 0) is 16.2 Å². The lowest BCUT2D eigenvalue weighted by molar-refractivity contribution is 0.146. The maximum Gasteiger partial charge on any atom is 0.131 e. The lowest BCUT2D eigenvalue weighted by atomic mass is 9.32. The molecule has 0 saturated heterocycles. The summed E-state index contributed by atoms with van der Waals surface area (Å²) >= 11 is 0. The largest absolute Gasteiger partial charge is 0.457 e. The van der Waals surface area contributed by atoms with Crippen LogP contribution < -0.4 is 4.74 Å². The maximum atomic E-state index is 6.18. The molecule has 3 aliphatic carbocycles. The van der Waals surface area contributed by atoms with Gasteiger partial charge in [-0.2, -0.15) is 0 Å². The Hall–Kier alpha value is -2.02. The Morgan fingerprint density at radius 1 is 0.750 bits per heavy atom. The SMILES string of the molecule is CC12C=CC3(C)c4cccc5c4C13c1c(cccc12)O5. The lowest BCUT2D eigenvalue weighted by Crippen LogP contribution is -2.69. The zero-order chi connectivity index (χ0) is 13.3. The molecule has 6 rings (SSSR count). The second kappa shape index (κ2) is 2.35. The van der Waals surface area contributed by atoms with E-state index in [-0.39, 0.29) is 16.2 Å². The van der Waals surface area contributed by atoms with Crippen LogP contribution in [0.25, 0.3) is 0 Å². The van der Waals surface area contributed by atoms with Gasteiger partial charge >= 0.3 is 0 Å². The molecule has 2 aromatic carbocycles. The molecule has 1 spiro atoms. The van der Waals surface area contributed by atoms with E-state index in [2.05, 4.69) is 62.4 Å². The number of allylic oxidation sites excluding steroid dienone is 2. The third kappa shape index (κ3) is 0.575. The molecule has 4 aliphatic rings. The van der Waals surface area contributed by atoms with Crippen LogP contribution in [0.15, 0.2) is 48.6 Å². The van der Waals surface area contributed by atoms with Crippen LogP contribution in [0.3, 0.4) is 0 Å². The summed E-state index contributed by atoms with van der Waals surface area (Å²) in [5, 5.41) is 0. The van der Waals surface area contributed by atoms with Crippen LogP contribution in [0, 0.1) is 0 Å². The van der Waals surface area contributed by atoms with Crippen molar-refractivity contribution in [2.45, 2.75) is 30.1 Å². The topological polar surface area (TPSA) is 9.23 Å². The second-order valence-electron chi connectivity index (χ2n) is 6.95. The fourth-order valence-corrected chi connectivity index (χ4v) is 5.73. The first kappa shape index (κ1) is 9.82. The van der Waals surface area contributed by atoms with E-state index < -0.39 is 0 Å². The minimum atomic E-state index is 0.135. The number of benzene rings is 2. The summed E-state index contributed by atoms with van der Waals surface area (Å²) in [4.78, 5) is 0. The zero-order valence-electron chi connectivity index (χ0n) is 11.5. The number of rotatable bonds is 0. The summed E-state index contributed by atoms with van der Waals surface area (Å²) < 4.78 is 6.18. The van der Waals surface area contributed by atoms with Crippen LogP contribution in [0.2, 0.25) is 0 Å². The normalized spacial score (nSPS) is 39.3. The van der Waals surface area contributed by atoms with Gasteiger partial charge in [-0.25, -0.2) is 0 Å². The highest BCUT2D eigenvalue weighted by Crippen LogP contribution is 2.82. The maximum absolute atomic E-state index is 6.18. The fourth-order valence-electron chi connectivity index (χ4n) is 5.73. The average Bonchev–Trinajstić information content (AvgIpc) is 2.61. The van der Waals surface area contributed by atoms with Crippen LogP contribution in [-0.4, -0.2) is 0 Å². The van der Waals surface area contributed by atoms with Crippen molar-refractivity contribution in [3.63, 3.8) is 0 Å². The molecule has 1 heteroatoms. The van der Waals surface area contributed by atoms with Crippen LogP contribution >= 0.6 is 0 Å². The third-order valence-electron chi connectivity index (χ3n) is 6.45. The van der Waals surface area contributed by atoms with E-state index in [1.54, 1.807) is 0 Å². The fraction of sp³-hybridized carbons (Fsp3) is 0.263. The summed E-state index contributed by atoms with van der Waals surface area (Å²) in [5.74, 6) is 2.14. The van der Waals surface area contributed by atoms with Gasteiger partial charge in [-0.15, -0.1) is 0 Å². The van der Waals surface area contributed by atoms with Crippen molar-refractivity contribution in [2.75, 3.05) is 0 Å². The molecule has 1 aliphatic heterocycles. The van der Waals surface area contributed by atoms with E-state index in [9.17, 15) is 0 Å². The van der Waals surface area contributed by atoms with E-state index in [0.29, 0.717) is 0 Å². The van der Waals surface area contributed by atoms with E-state index in [4.69, 9.17) is 4.74 Å². The summed E-state index contributed by atoms with van der Waals surface area (Å²) in [6.07, 6.45) is 4.88. The predicted octanol–water partition coefficient (Wildman–Crippen LogP) is 4.19. The minimum Gasteiger partial charge on any atom is -0.457 e. The van der Waals surface area contributed by atoms with Crippen molar-refractivity contribution in [1.82, 2.24) is 0 Å². The van der Waals surface area contributed by atoms with Gasteiger partial charge in [0.1, 0.15) is 11.5 Å². The highest BCUT2D eigenvalue weighted by molar-refractivity contribution is 5.86. The van der Waals surface area contributed by atoms with Crippen molar-refractivity contribution < 1.29 is 4.74 Å². The molecule has 0 amide bonds. The van der Waals surface area contributed by atoms with Gasteiger partial charge < -0.3 is 4.74 Å². The van der Waals surface area contributed by atoms with Gasteiger partial charge in [0.15, 0.2) is 0 Å². The lowest BCUT2D eigenvalue weighted by Gasteiger charge is -2.69. The van der Waals surface area contributed by atoms with Crippen molar-refractivity contribution in [3.05, 3.63) is 70.8 Å². The second-order valence-corrected chi connectivity index (χ2v) is 6.95. The average molecular weight is 258 g/mol. The molecular weight excluding hydrogens is 244 g/mol. The number of hydrogen-bond donors (Lipinski definition) is 0. The minimum absolute atomic E-state index is 0.135. The molecular formula is C19H14O. The van der Waals surface area contributed by atoms with E-state index in [1.165, 1.54) is 22.3 Å². The highest BCUT2D eigenvalue weighted by atomic mass is 16.5. The standard InChI is InChI=1S/C19H14O/c1-17-9-10-18(2)12-6-4-8-14-16(12)19(17,18)15-11(17)5-3-7-13(15)20-14/h3-10H,1-2H3. The molecule has 0 saturated carbocycles. The van der Waals surface area contributed by atoms with Gasteiger partial charge in [-0.1, -0.05) is 50.3 Å². The summed E-state index contributed by atoms with van der Waals surface area (Å²) in [6.45, 7) is 4.79. The summed E-state index contributed by atoms with van der Waals surface area (Å²) in [6, 6.07) is 13.1. The van der Waals surface area contributed by atoms with Gasteiger partial charge in [0.05, 0.1) is 5.41 Å². The van der Waals surface area contributed by atoms with Gasteiger partial charge in [-0.3, -0.25) is 0 Å². The molecule has 1 nitrogen and oxygen atoms in total. The van der Waals surface area contributed by atoms with Crippen molar-refractivity contribution >= 4 is 0 Å². The molecule has 96 valence electrons. The Bertz CT molecular complexity index is 804. The Morgan fingerprint density at radius 2 is 1.25 bits per heavy atom. The summed E-state index contributed by atoms with van der Waals surface area (Å²) in [5.41, 5.74) is 6.21. The van der Waals surface area contributed by atoms with Crippen LogP contribution in [0.4, 0.5) is 0 Å². The smallest absolute Gasteiger partial charge is 0.131 e. The monoisotopic (exact) mass is 258 g/mol. The Labute approximate surface area is 117 Å². The molecule has 0 fully saturated rings. The third-order valence-corrected chi connectivity index (χ3v) is 6.45. The zero-order valence-corrected chi connectivity index (χ0v) is 11.5.